The van der Waals surface area contributed by atoms with Gasteiger partial charge in [-0.2, -0.15) is 15.0 Å². The lowest BCUT2D eigenvalue weighted by atomic mass is 10.3. The molecular formula is C14H26N6. The molecule has 0 saturated carbocycles. The Morgan fingerprint density at radius 2 is 1.90 bits per heavy atom. The van der Waals surface area contributed by atoms with Crippen LogP contribution in [0, 0.1) is 0 Å². The van der Waals surface area contributed by atoms with Gasteiger partial charge in [0, 0.05) is 33.2 Å². The molecule has 1 aliphatic rings. The maximum atomic E-state index is 4.64. The normalized spacial score (nSPS) is 14.7. The van der Waals surface area contributed by atoms with Crippen LogP contribution in [-0.2, 0) is 0 Å². The van der Waals surface area contributed by atoms with Crippen LogP contribution in [0.5, 0.6) is 0 Å². The molecule has 6 nitrogen and oxygen atoms in total. The fraction of sp³-hybridized carbons (Fsp3) is 0.786. The number of aromatic nitrogens is 3. The SMILES string of the molecule is CCCCN(C)c1nc(NCC)nc(N2CCCC2)n1. The summed E-state index contributed by atoms with van der Waals surface area (Å²) >= 11 is 0. The number of nitrogens with one attached hydrogen (secondary N) is 1. The van der Waals surface area contributed by atoms with Crippen molar-refractivity contribution in [2.24, 2.45) is 0 Å². The molecular weight excluding hydrogens is 252 g/mol. The predicted molar refractivity (Wildman–Crippen MR) is 83.6 cm³/mol. The highest BCUT2D eigenvalue weighted by atomic mass is 15.4. The van der Waals surface area contributed by atoms with Gasteiger partial charge in [0.2, 0.25) is 17.8 Å². The zero-order valence-corrected chi connectivity index (χ0v) is 12.9. The maximum absolute atomic E-state index is 4.64. The van der Waals surface area contributed by atoms with Crippen LogP contribution in [0.4, 0.5) is 17.8 Å². The van der Waals surface area contributed by atoms with Gasteiger partial charge >= 0.3 is 0 Å². The van der Waals surface area contributed by atoms with Crippen molar-refractivity contribution in [1.29, 1.82) is 0 Å². The first-order valence-corrected chi connectivity index (χ1v) is 7.70. The van der Waals surface area contributed by atoms with Crippen molar-refractivity contribution in [2.75, 3.05) is 48.3 Å². The first-order valence-electron chi connectivity index (χ1n) is 7.70. The lowest BCUT2D eigenvalue weighted by molar-refractivity contribution is 0.743. The van der Waals surface area contributed by atoms with E-state index < -0.39 is 0 Å². The zero-order chi connectivity index (χ0) is 14.4. The van der Waals surface area contributed by atoms with Crippen LogP contribution in [0.15, 0.2) is 0 Å². The first-order chi connectivity index (χ1) is 9.74. The van der Waals surface area contributed by atoms with E-state index in [0.29, 0.717) is 5.95 Å². The second kappa shape index (κ2) is 7.26. The molecule has 0 aliphatic carbocycles. The molecule has 0 atom stereocenters. The Hall–Kier alpha value is -1.59. The average Bonchev–Trinajstić information content (AvgIpc) is 2.99. The van der Waals surface area contributed by atoms with Crippen molar-refractivity contribution in [1.82, 2.24) is 15.0 Å². The molecule has 2 rings (SSSR count). The van der Waals surface area contributed by atoms with Crippen LogP contribution >= 0.6 is 0 Å². The Labute approximate surface area is 121 Å². The minimum Gasteiger partial charge on any atom is -0.354 e. The molecule has 112 valence electrons. The molecule has 1 N–H and O–H groups in total. The minimum absolute atomic E-state index is 0.683. The summed E-state index contributed by atoms with van der Waals surface area (Å²) in [5, 5.41) is 3.21. The molecule has 6 heteroatoms. The summed E-state index contributed by atoms with van der Waals surface area (Å²) < 4.78 is 0. The van der Waals surface area contributed by atoms with Gasteiger partial charge in [-0.1, -0.05) is 13.3 Å². The van der Waals surface area contributed by atoms with Gasteiger partial charge in [0.05, 0.1) is 0 Å². The smallest absolute Gasteiger partial charge is 0.231 e. The van der Waals surface area contributed by atoms with Crippen molar-refractivity contribution >= 4 is 17.8 Å². The van der Waals surface area contributed by atoms with E-state index in [1.165, 1.54) is 19.3 Å². The van der Waals surface area contributed by atoms with Gasteiger partial charge in [-0.05, 0) is 26.2 Å². The minimum atomic E-state index is 0.683. The van der Waals surface area contributed by atoms with E-state index in [4.69, 9.17) is 0 Å². The van der Waals surface area contributed by atoms with Crippen molar-refractivity contribution in [3.8, 4) is 0 Å². The van der Waals surface area contributed by atoms with E-state index in [0.717, 1.165) is 44.5 Å². The second-order valence-electron chi connectivity index (χ2n) is 5.26. The zero-order valence-electron chi connectivity index (χ0n) is 12.9. The summed E-state index contributed by atoms with van der Waals surface area (Å²) in [4.78, 5) is 18.1. The first kappa shape index (κ1) is 14.8. The van der Waals surface area contributed by atoms with Crippen LogP contribution in [-0.4, -0.2) is 48.2 Å². The van der Waals surface area contributed by atoms with E-state index in [1.807, 2.05) is 0 Å². The van der Waals surface area contributed by atoms with Crippen LogP contribution in [0.1, 0.15) is 39.5 Å². The molecule has 0 bridgehead atoms. The summed E-state index contributed by atoms with van der Waals surface area (Å²) in [7, 11) is 2.05. The van der Waals surface area contributed by atoms with Crippen molar-refractivity contribution < 1.29 is 0 Å². The number of hydrogen-bond acceptors (Lipinski definition) is 6. The van der Waals surface area contributed by atoms with E-state index in [2.05, 4.69) is 51.0 Å². The van der Waals surface area contributed by atoms with Crippen molar-refractivity contribution in [3.63, 3.8) is 0 Å². The molecule has 0 unspecified atom stereocenters. The lowest BCUT2D eigenvalue weighted by Gasteiger charge is -2.21. The molecule has 2 heterocycles. The standard InChI is InChI=1S/C14H26N6/c1-4-6-9-19(3)13-16-12(15-5-2)17-14(18-13)20-10-7-8-11-20/h4-11H2,1-3H3,(H,15,16,17,18). The third-order valence-corrected chi connectivity index (χ3v) is 3.52. The second-order valence-corrected chi connectivity index (χ2v) is 5.26. The molecule has 1 fully saturated rings. The van der Waals surface area contributed by atoms with Crippen LogP contribution < -0.4 is 15.1 Å². The largest absolute Gasteiger partial charge is 0.354 e. The fourth-order valence-electron chi connectivity index (χ4n) is 2.32. The molecule has 1 aliphatic heterocycles. The highest BCUT2D eigenvalue weighted by Gasteiger charge is 2.18. The molecule has 20 heavy (non-hydrogen) atoms. The molecule has 0 amide bonds. The number of anilines is 3. The van der Waals surface area contributed by atoms with Gasteiger partial charge in [-0.25, -0.2) is 0 Å². The number of hydrogen-bond donors (Lipinski definition) is 1. The van der Waals surface area contributed by atoms with Gasteiger partial charge in [0.1, 0.15) is 0 Å². The van der Waals surface area contributed by atoms with Gasteiger partial charge in [0.15, 0.2) is 0 Å². The Bertz CT molecular complexity index is 416. The molecule has 0 spiro atoms. The average molecular weight is 278 g/mol. The molecule has 1 saturated heterocycles. The van der Waals surface area contributed by atoms with Crippen LogP contribution in [0.3, 0.4) is 0 Å². The van der Waals surface area contributed by atoms with Crippen molar-refractivity contribution in [3.05, 3.63) is 0 Å². The molecule has 0 aromatic carbocycles. The van der Waals surface area contributed by atoms with Gasteiger partial charge < -0.3 is 15.1 Å². The third kappa shape index (κ3) is 3.71. The Kier molecular flexibility index (Phi) is 5.38. The van der Waals surface area contributed by atoms with Gasteiger partial charge in [0.25, 0.3) is 0 Å². The van der Waals surface area contributed by atoms with E-state index >= 15 is 0 Å². The van der Waals surface area contributed by atoms with Gasteiger partial charge in [-0.3, -0.25) is 0 Å². The summed E-state index contributed by atoms with van der Waals surface area (Å²) in [6.07, 6.45) is 4.78. The van der Waals surface area contributed by atoms with E-state index in [-0.39, 0.29) is 0 Å². The monoisotopic (exact) mass is 278 g/mol. The highest BCUT2D eigenvalue weighted by Crippen LogP contribution is 2.20. The predicted octanol–water partition coefficient (Wildman–Crippen LogP) is 2.14. The van der Waals surface area contributed by atoms with Crippen LogP contribution in [0.25, 0.3) is 0 Å². The summed E-state index contributed by atoms with van der Waals surface area (Å²) in [5.74, 6) is 2.26. The van der Waals surface area contributed by atoms with E-state index in [1.54, 1.807) is 0 Å². The van der Waals surface area contributed by atoms with Crippen LogP contribution in [0.2, 0.25) is 0 Å². The fourth-order valence-corrected chi connectivity index (χ4v) is 2.32. The highest BCUT2D eigenvalue weighted by molar-refractivity contribution is 5.45. The summed E-state index contributed by atoms with van der Waals surface area (Å²) in [6.45, 7) is 8.15. The quantitative estimate of drug-likeness (QED) is 0.824. The lowest BCUT2D eigenvalue weighted by Crippen LogP contribution is -2.26. The Morgan fingerprint density at radius 1 is 1.15 bits per heavy atom. The van der Waals surface area contributed by atoms with Gasteiger partial charge in [-0.15, -0.1) is 0 Å². The number of rotatable bonds is 7. The number of unbranched alkanes of at least 4 members (excludes halogenated alkanes) is 1. The van der Waals surface area contributed by atoms with E-state index in [9.17, 15) is 0 Å². The molecule has 0 radical (unpaired) electrons. The third-order valence-electron chi connectivity index (χ3n) is 3.52. The molecule has 1 aromatic heterocycles. The number of nitrogens with zero attached hydrogens (tertiary/aromatic N) is 5. The Balaban J connectivity index is 2.20. The molecule has 1 aromatic rings. The topological polar surface area (TPSA) is 57.2 Å². The van der Waals surface area contributed by atoms with Crippen molar-refractivity contribution in [2.45, 2.75) is 39.5 Å². The Morgan fingerprint density at radius 3 is 2.55 bits per heavy atom. The summed E-state index contributed by atoms with van der Waals surface area (Å²) in [5.41, 5.74) is 0. The summed E-state index contributed by atoms with van der Waals surface area (Å²) in [6, 6.07) is 0. The maximum Gasteiger partial charge on any atom is 0.231 e.